The molecule has 94 valence electrons. The number of ketones is 1. The highest BCUT2D eigenvalue weighted by Gasteiger charge is 2.34. The molecule has 1 atom stereocenters. The van der Waals surface area contributed by atoms with E-state index in [0.29, 0.717) is 0 Å². The van der Waals surface area contributed by atoms with Crippen molar-refractivity contribution in [2.45, 2.75) is 18.7 Å². The Labute approximate surface area is 99.1 Å². The molecule has 0 radical (unpaired) electrons. The first kappa shape index (κ1) is 13.8. The standard InChI is InChI=1S/C10H7ClF4O2/c1-5(11)9(16)8-6(12)3-2-4-7(8)17-10(13,14)15/h2-5H,1H3. The van der Waals surface area contributed by atoms with Crippen molar-refractivity contribution in [1.29, 1.82) is 0 Å². The largest absolute Gasteiger partial charge is 0.573 e. The highest BCUT2D eigenvalue weighted by Crippen LogP contribution is 2.29. The number of alkyl halides is 4. The van der Waals surface area contributed by atoms with E-state index in [1.54, 1.807) is 0 Å². The molecule has 0 bridgehead atoms. The maximum absolute atomic E-state index is 13.3. The van der Waals surface area contributed by atoms with Crippen LogP contribution in [0.5, 0.6) is 5.75 Å². The Morgan fingerprint density at radius 3 is 2.47 bits per heavy atom. The van der Waals surface area contributed by atoms with E-state index in [4.69, 9.17) is 11.6 Å². The fourth-order valence-corrected chi connectivity index (χ4v) is 1.26. The molecule has 0 saturated heterocycles. The molecular formula is C10H7ClF4O2. The number of hydrogen-bond donors (Lipinski definition) is 0. The average Bonchev–Trinajstić information content (AvgIpc) is 2.14. The van der Waals surface area contributed by atoms with Gasteiger partial charge in [0.1, 0.15) is 11.6 Å². The summed E-state index contributed by atoms with van der Waals surface area (Å²) in [7, 11) is 0. The van der Waals surface area contributed by atoms with Crippen molar-refractivity contribution in [3.05, 3.63) is 29.6 Å². The summed E-state index contributed by atoms with van der Waals surface area (Å²) < 4.78 is 53.0. The quantitative estimate of drug-likeness (QED) is 0.477. The van der Waals surface area contributed by atoms with Crippen LogP contribution in [0, 0.1) is 5.82 Å². The van der Waals surface area contributed by atoms with Crippen LogP contribution in [0.1, 0.15) is 17.3 Å². The molecule has 0 spiro atoms. The molecule has 0 aliphatic rings. The topological polar surface area (TPSA) is 26.3 Å². The van der Waals surface area contributed by atoms with E-state index in [0.717, 1.165) is 18.2 Å². The molecule has 2 nitrogen and oxygen atoms in total. The molecule has 0 aromatic heterocycles. The predicted molar refractivity (Wildman–Crippen MR) is 52.7 cm³/mol. The first-order valence-electron chi connectivity index (χ1n) is 4.45. The molecule has 0 amide bonds. The number of ether oxygens (including phenoxy) is 1. The van der Waals surface area contributed by atoms with Crippen LogP contribution in [0.15, 0.2) is 18.2 Å². The van der Waals surface area contributed by atoms with E-state index in [9.17, 15) is 22.4 Å². The Bertz CT molecular complexity index is 429. The Morgan fingerprint density at radius 2 is 2.00 bits per heavy atom. The number of Topliss-reactive ketones (excluding diaryl/α,β-unsaturated/α-hetero) is 1. The fourth-order valence-electron chi connectivity index (χ4n) is 1.15. The summed E-state index contributed by atoms with van der Waals surface area (Å²) in [6.07, 6.45) is -5.00. The highest BCUT2D eigenvalue weighted by molar-refractivity contribution is 6.34. The van der Waals surface area contributed by atoms with Gasteiger partial charge >= 0.3 is 6.36 Å². The third kappa shape index (κ3) is 3.59. The zero-order chi connectivity index (χ0) is 13.2. The van der Waals surface area contributed by atoms with Crippen LogP contribution in [0.4, 0.5) is 17.6 Å². The highest BCUT2D eigenvalue weighted by atomic mass is 35.5. The van der Waals surface area contributed by atoms with Gasteiger partial charge in [-0.15, -0.1) is 24.8 Å². The monoisotopic (exact) mass is 270 g/mol. The minimum Gasteiger partial charge on any atom is -0.405 e. The van der Waals surface area contributed by atoms with Crippen LogP contribution >= 0.6 is 11.6 Å². The molecule has 17 heavy (non-hydrogen) atoms. The second-order valence-corrected chi connectivity index (χ2v) is 3.80. The van der Waals surface area contributed by atoms with E-state index in [2.05, 4.69) is 4.74 Å². The lowest BCUT2D eigenvalue weighted by Crippen LogP contribution is -2.21. The van der Waals surface area contributed by atoms with Gasteiger partial charge in [0.25, 0.3) is 0 Å². The maximum atomic E-state index is 13.3. The van der Waals surface area contributed by atoms with E-state index in [-0.39, 0.29) is 0 Å². The Kier molecular flexibility index (Phi) is 3.98. The van der Waals surface area contributed by atoms with Crippen molar-refractivity contribution in [3.63, 3.8) is 0 Å². The molecule has 7 heteroatoms. The second kappa shape index (κ2) is 4.91. The lowest BCUT2D eigenvalue weighted by molar-refractivity contribution is -0.274. The van der Waals surface area contributed by atoms with Crippen LogP contribution in [0.3, 0.4) is 0 Å². The molecule has 1 aromatic carbocycles. The smallest absolute Gasteiger partial charge is 0.405 e. The molecule has 1 unspecified atom stereocenters. The van der Waals surface area contributed by atoms with Crippen molar-refractivity contribution >= 4 is 17.4 Å². The van der Waals surface area contributed by atoms with Crippen LogP contribution in [-0.2, 0) is 0 Å². The first-order chi connectivity index (χ1) is 7.72. The second-order valence-electron chi connectivity index (χ2n) is 3.14. The van der Waals surface area contributed by atoms with Crippen molar-refractivity contribution in [3.8, 4) is 5.75 Å². The molecule has 1 rings (SSSR count). The Hall–Kier alpha value is -1.30. The van der Waals surface area contributed by atoms with Crippen molar-refractivity contribution in [1.82, 2.24) is 0 Å². The lowest BCUT2D eigenvalue weighted by atomic mass is 10.1. The van der Waals surface area contributed by atoms with Gasteiger partial charge in [0.2, 0.25) is 0 Å². The van der Waals surface area contributed by atoms with E-state index >= 15 is 0 Å². The Balaban J connectivity index is 3.22. The van der Waals surface area contributed by atoms with Gasteiger partial charge in [-0.2, -0.15) is 0 Å². The number of carbonyl (C=O) groups is 1. The molecule has 0 aliphatic heterocycles. The van der Waals surface area contributed by atoms with E-state index < -0.39 is 34.7 Å². The molecule has 0 aliphatic carbocycles. The fraction of sp³-hybridized carbons (Fsp3) is 0.300. The molecule has 0 heterocycles. The first-order valence-corrected chi connectivity index (χ1v) is 4.88. The van der Waals surface area contributed by atoms with E-state index in [1.165, 1.54) is 6.92 Å². The number of benzene rings is 1. The number of rotatable bonds is 3. The van der Waals surface area contributed by atoms with Gasteiger partial charge in [-0.25, -0.2) is 4.39 Å². The van der Waals surface area contributed by atoms with Crippen LogP contribution < -0.4 is 4.74 Å². The van der Waals surface area contributed by atoms with Gasteiger partial charge in [0.15, 0.2) is 5.78 Å². The molecule has 0 N–H and O–H groups in total. The minimum absolute atomic E-state index is 0.799. The van der Waals surface area contributed by atoms with Crippen LogP contribution in [0.2, 0.25) is 0 Å². The summed E-state index contributed by atoms with van der Waals surface area (Å²) >= 11 is 5.42. The number of hydrogen-bond acceptors (Lipinski definition) is 2. The minimum atomic E-state index is -5.00. The summed E-state index contributed by atoms with van der Waals surface area (Å²) in [6, 6.07) is 2.71. The Morgan fingerprint density at radius 1 is 1.41 bits per heavy atom. The van der Waals surface area contributed by atoms with Gasteiger partial charge in [-0.1, -0.05) is 6.07 Å². The maximum Gasteiger partial charge on any atom is 0.573 e. The van der Waals surface area contributed by atoms with Gasteiger partial charge < -0.3 is 4.74 Å². The molecule has 0 saturated carbocycles. The van der Waals surface area contributed by atoms with Crippen molar-refractivity contribution < 1.29 is 27.1 Å². The average molecular weight is 271 g/mol. The summed E-state index contributed by atoms with van der Waals surface area (Å²) in [5, 5.41) is -1.15. The van der Waals surface area contributed by atoms with E-state index in [1.807, 2.05) is 0 Å². The van der Waals surface area contributed by atoms with Crippen LogP contribution in [-0.4, -0.2) is 17.5 Å². The summed E-state index contributed by atoms with van der Waals surface area (Å²) in [5.74, 6) is -2.97. The van der Waals surface area contributed by atoms with Gasteiger partial charge in [-0.05, 0) is 19.1 Å². The number of carbonyl (C=O) groups excluding carboxylic acids is 1. The normalized spacial score (nSPS) is 13.3. The summed E-state index contributed by atoms with van der Waals surface area (Å²) in [5.41, 5.74) is -0.799. The van der Waals surface area contributed by atoms with Gasteiger partial charge in [0.05, 0.1) is 10.9 Å². The predicted octanol–water partition coefficient (Wildman–Crippen LogP) is 3.53. The zero-order valence-electron chi connectivity index (χ0n) is 8.52. The third-order valence-corrected chi connectivity index (χ3v) is 2.01. The lowest BCUT2D eigenvalue weighted by Gasteiger charge is -2.13. The van der Waals surface area contributed by atoms with Crippen LogP contribution in [0.25, 0.3) is 0 Å². The third-order valence-electron chi connectivity index (χ3n) is 1.81. The zero-order valence-corrected chi connectivity index (χ0v) is 9.27. The SMILES string of the molecule is CC(Cl)C(=O)c1c(F)cccc1OC(F)(F)F. The molecular weight excluding hydrogens is 264 g/mol. The summed E-state index contributed by atoms with van der Waals surface area (Å²) in [6.45, 7) is 1.23. The molecule has 0 fully saturated rings. The molecule has 1 aromatic rings. The van der Waals surface area contributed by atoms with Gasteiger partial charge in [-0.3, -0.25) is 4.79 Å². The number of halogens is 5. The summed E-state index contributed by atoms with van der Waals surface area (Å²) in [4.78, 5) is 11.5. The van der Waals surface area contributed by atoms with Crippen molar-refractivity contribution in [2.75, 3.05) is 0 Å². The van der Waals surface area contributed by atoms with Crippen molar-refractivity contribution in [2.24, 2.45) is 0 Å². The van der Waals surface area contributed by atoms with Gasteiger partial charge in [0, 0.05) is 0 Å².